The molecule has 0 saturated carbocycles. The predicted molar refractivity (Wildman–Crippen MR) is 205 cm³/mol. The van der Waals surface area contributed by atoms with Gasteiger partial charge in [-0.05, 0) is 96.8 Å². The molecule has 4 rings (SSSR count). The van der Waals surface area contributed by atoms with Gasteiger partial charge in [0.2, 0.25) is 0 Å². The van der Waals surface area contributed by atoms with Crippen molar-refractivity contribution in [1.82, 2.24) is 0 Å². The molecule has 0 heterocycles. The lowest BCUT2D eigenvalue weighted by Gasteiger charge is -2.29. The van der Waals surface area contributed by atoms with Gasteiger partial charge in [0.1, 0.15) is 0 Å². The van der Waals surface area contributed by atoms with E-state index in [1.54, 1.807) is 6.08 Å². The summed E-state index contributed by atoms with van der Waals surface area (Å²) >= 11 is 0. The van der Waals surface area contributed by atoms with Crippen LogP contribution in [0.25, 0.3) is 11.1 Å². The lowest BCUT2D eigenvalue weighted by atomic mass is 10.0. The van der Waals surface area contributed by atoms with Gasteiger partial charge in [-0.15, -0.1) is 0 Å². The summed E-state index contributed by atoms with van der Waals surface area (Å²) < 4.78 is 0. The van der Waals surface area contributed by atoms with E-state index in [9.17, 15) is 5.26 Å². The van der Waals surface area contributed by atoms with Gasteiger partial charge in [-0.1, -0.05) is 112 Å². The molecule has 1 aliphatic rings. The van der Waals surface area contributed by atoms with Gasteiger partial charge in [-0.25, -0.2) is 0 Å². The first-order valence-corrected chi connectivity index (χ1v) is 16.2. The van der Waals surface area contributed by atoms with E-state index < -0.39 is 0 Å². The lowest BCUT2D eigenvalue weighted by Crippen LogP contribution is -2.17. The number of hydrogen-bond donors (Lipinski definition) is 0. The van der Waals surface area contributed by atoms with Crippen LogP contribution in [0.3, 0.4) is 0 Å². The molecular weight excluding hydrogens is 571 g/mol. The number of benzene rings is 3. The fourth-order valence-corrected chi connectivity index (χ4v) is 5.09. The van der Waals surface area contributed by atoms with Crippen molar-refractivity contribution >= 4 is 17.1 Å². The van der Waals surface area contributed by atoms with Crippen LogP contribution in [-0.4, -0.2) is 7.05 Å². The molecule has 1 aliphatic carbocycles. The van der Waals surface area contributed by atoms with Crippen LogP contribution < -0.4 is 9.80 Å². The number of anilines is 3. The summed E-state index contributed by atoms with van der Waals surface area (Å²) in [5.74, 6) is 0. The van der Waals surface area contributed by atoms with E-state index in [0.29, 0.717) is 6.42 Å². The standard InChI is InChI=1S/C42H41N3.C2H6/c1-6-9-18-40(24-20-33(4)35(8-3)14-7-2)45(41-26-22-37(23-27-41)36-16-11-10-12-17-36)42-30-28-39(29-31-42)44(5)38-19-13-15-34(32-43)21-25-38;1-2/h6-14,16-17,19-31H,2-3,15,18H2,1,4-5H3;1-2H3/b9-6-,33-20+,35-14+,40-24+;. The zero-order valence-electron chi connectivity index (χ0n) is 28.5. The zero-order valence-corrected chi connectivity index (χ0v) is 28.5. The molecule has 0 fully saturated rings. The second-order valence-corrected chi connectivity index (χ2v) is 10.7. The van der Waals surface area contributed by atoms with E-state index in [2.05, 4.69) is 153 Å². The summed E-state index contributed by atoms with van der Waals surface area (Å²) in [6.07, 6.45) is 23.7. The zero-order chi connectivity index (χ0) is 34.0. The van der Waals surface area contributed by atoms with Crippen molar-refractivity contribution in [2.24, 2.45) is 0 Å². The van der Waals surface area contributed by atoms with Gasteiger partial charge >= 0.3 is 0 Å². The van der Waals surface area contributed by atoms with Gasteiger partial charge in [-0.3, -0.25) is 0 Å². The number of likely N-dealkylation sites (N-methyl/N-ethyl adjacent to an activating group) is 1. The van der Waals surface area contributed by atoms with E-state index in [0.717, 1.165) is 51.6 Å². The number of allylic oxidation sites excluding steroid dienone is 14. The average molecular weight is 618 g/mol. The Morgan fingerprint density at radius 3 is 2.04 bits per heavy atom. The van der Waals surface area contributed by atoms with Gasteiger partial charge in [0.25, 0.3) is 0 Å². The van der Waals surface area contributed by atoms with Crippen LogP contribution in [0.4, 0.5) is 17.1 Å². The van der Waals surface area contributed by atoms with Crippen LogP contribution in [0, 0.1) is 11.3 Å². The first-order valence-electron chi connectivity index (χ1n) is 16.2. The molecule has 0 spiro atoms. The largest absolute Gasteiger partial charge is 0.345 e. The fraction of sp³-hybridized carbons (Fsp3) is 0.159. The molecule has 238 valence electrons. The lowest BCUT2D eigenvalue weighted by molar-refractivity contribution is 1.07. The van der Waals surface area contributed by atoms with E-state index in [1.807, 2.05) is 50.3 Å². The van der Waals surface area contributed by atoms with Crippen LogP contribution >= 0.6 is 0 Å². The monoisotopic (exact) mass is 617 g/mol. The summed E-state index contributed by atoms with van der Waals surface area (Å²) in [4.78, 5) is 4.46. The Balaban J connectivity index is 0.00000294. The summed E-state index contributed by atoms with van der Waals surface area (Å²) in [7, 11) is 2.05. The molecule has 3 heteroatoms. The third kappa shape index (κ3) is 9.95. The van der Waals surface area contributed by atoms with Crippen LogP contribution in [0.2, 0.25) is 0 Å². The third-order valence-electron chi connectivity index (χ3n) is 7.69. The Hall–Kier alpha value is -5.59. The molecule has 0 N–H and O–H groups in total. The van der Waals surface area contributed by atoms with Gasteiger partial charge in [0.05, 0.1) is 6.07 Å². The highest BCUT2D eigenvalue weighted by Crippen LogP contribution is 2.35. The minimum absolute atomic E-state index is 0.647. The van der Waals surface area contributed by atoms with Crippen LogP contribution in [-0.2, 0) is 0 Å². The second-order valence-electron chi connectivity index (χ2n) is 10.7. The highest BCUT2D eigenvalue weighted by Gasteiger charge is 2.16. The first-order chi connectivity index (χ1) is 23.0. The third-order valence-corrected chi connectivity index (χ3v) is 7.69. The highest BCUT2D eigenvalue weighted by molar-refractivity contribution is 5.74. The second kappa shape index (κ2) is 19.0. The molecule has 0 atom stereocenters. The smallest absolute Gasteiger partial charge is 0.0950 e. The van der Waals surface area contributed by atoms with Crippen molar-refractivity contribution in [1.29, 1.82) is 5.26 Å². The van der Waals surface area contributed by atoms with Crippen LogP contribution in [0.15, 0.2) is 187 Å². The van der Waals surface area contributed by atoms with Gasteiger partial charge in [0, 0.05) is 53.9 Å². The molecule has 3 aromatic carbocycles. The summed E-state index contributed by atoms with van der Waals surface area (Å²) in [6.45, 7) is 16.0. The predicted octanol–water partition coefficient (Wildman–Crippen LogP) is 12.3. The van der Waals surface area contributed by atoms with E-state index in [4.69, 9.17) is 0 Å². The molecule has 0 unspecified atom stereocenters. The van der Waals surface area contributed by atoms with Crippen molar-refractivity contribution in [3.05, 3.63) is 187 Å². The highest BCUT2D eigenvalue weighted by atomic mass is 15.2. The SMILES string of the molecule is C=C/C=C(C=C)/C(C)=C/C=C(\C/C=C\C)N(c1ccc(-c2ccccc2)cc1)c1ccc(N(C)C2=CC=C(C#N)CC=C2)cc1.CC. The van der Waals surface area contributed by atoms with Gasteiger partial charge in [-0.2, -0.15) is 5.26 Å². The molecule has 0 aromatic heterocycles. The number of nitriles is 1. The minimum atomic E-state index is 0.647. The molecule has 0 amide bonds. The summed E-state index contributed by atoms with van der Waals surface area (Å²) in [5.41, 5.74) is 10.6. The Bertz CT molecular complexity index is 1730. The average Bonchev–Trinajstić information content (AvgIpc) is 3.39. The molecule has 47 heavy (non-hydrogen) atoms. The Morgan fingerprint density at radius 2 is 1.45 bits per heavy atom. The minimum Gasteiger partial charge on any atom is -0.345 e. The van der Waals surface area contributed by atoms with E-state index in [1.165, 1.54) is 11.1 Å². The Kier molecular flexibility index (Phi) is 14.5. The van der Waals surface area contributed by atoms with Crippen LogP contribution in [0.1, 0.15) is 40.5 Å². The van der Waals surface area contributed by atoms with Crippen molar-refractivity contribution < 1.29 is 0 Å². The quantitative estimate of drug-likeness (QED) is 0.150. The molecule has 0 aliphatic heterocycles. The Labute approximate surface area is 283 Å². The van der Waals surface area contributed by atoms with Crippen molar-refractivity contribution in [3.8, 4) is 17.2 Å². The topological polar surface area (TPSA) is 30.3 Å². The fourth-order valence-electron chi connectivity index (χ4n) is 5.09. The van der Waals surface area contributed by atoms with Gasteiger partial charge in [0.15, 0.2) is 0 Å². The molecule has 3 aromatic rings. The first kappa shape index (κ1) is 35.9. The summed E-state index contributed by atoms with van der Waals surface area (Å²) in [5, 5.41) is 9.32. The Morgan fingerprint density at radius 1 is 0.830 bits per heavy atom. The normalized spacial score (nSPS) is 13.4. The molecule has 0 bridgehead atoms. The maximum Gasteiger partial charge on any atom is 0.0950 e. The van der Waals surface area contributed by atoms with E-state index >= 15 is 0 Å². The maximum absolute atomic E-state index is 9.32. The number of hydrogen-bond acceptors (Lipinski definition) is 3. The van der Waals surface area contributed by atoms with Gasteiger partial charge < -0.3 is 9.80 Å². The maximum atomic E-state index is 9.32. The van der Waals surface area contributed by atoms with Crippen molar-refractivity contribution in [2.75, 3.05) is 16.8 Å². The number of rotatable bonds is 12. The van der Waals surface area contributed by atoms with Crippen molar-refractivity contribution in [2.45, 2.75) is 40.5 Å². The van der Waals surface area contributed by atoms with Crippen molar-refractivity contribution in [3.63, 3.8) is 0 Å². The van der Waals surface area contributed by atoms with Crippen LogP contribution in [0.5, 0.6) is 0 Å². The molecule has 0 saturated heterocycles. The molecule has 0 radical (unpaired) electrons. The summed E-state index contributed by atoms with van der Waals surface area (Å²) in [6, 6.07) is 30.1. The number of nitrogens with zero attached hydrogens (tertiary/aromatic N) is 3. The van der Waals surface area contributed by atoms with E-state index in [-0.39, 0.29) is 0 Å². The molecular formula is C44H47N3. The molecule has 3 nitrogen and oxygen atoms in total.